The van der Waals surface area contributed by atoms with Crippen LogP contribution in [0.2, 0.25) is 0 Å². The van der Waals surface area contributed by atoms with Crippen molar-refractivity contribution in [3.05, 3.63) is 42.5 Å². The summed E-state index contributed by atoms with van der Waals surface area (Å²) in [4.78, 5) is 23.3. The van der Waals surface area contributed by atoms with Gasteiger partial charge in [0.05, 0.1) is 0 Å². The highest BCUT2D eigenvalue weighted by atomic mass is 16.5. The van der Waals surface area contributed by atoms with Crippen molar-refractivity contribution in [1.29, 1.82) is 0 Å². The zero-order valence-corrected chi connectivity index (χ0v) is 12.9. The van der Waals surface area contributed by atoms with Gasteiger partial charge in [-0.1, -0.05) is 6.08 Å². The van der Waals surface area contributed by atoms with Crippen molar-refractivity contribution < 1.29 is 14.3 Å². The van der Waals surface area contributed by atoms with Crippen molar-refractivity contribution in [3.63, 3.8) is 0 Å². The van der Waals surface area contributed by atoms with Crippen molar-refractivity contribution >= 4 is 17.6 Å². The average Bonchev–Trinajstić information content (AvgIpc) is 2.53. The van der Waals surface area contributed by atoms with E-state index in [2.05, 4.69) is 22.5 Å². The standard InChI is InChI=1S/C16H23N3O3/c1-3-10-17-15(20)13-6-8-14(9-7-13)19-16(21)18-11-5-12-22-4-2/h3,6-9H,1,4-5,10-12H2,2H3,(H,17,20)(H2,18,19,21). The van der Waals surface area contributed by atoms with Crippen LogP contribution in [-0.4, -0.2) is 38.2 Å². The summed E-state index contributed by atoms with van der Waals surface area (Å²) in [6, 6.07) is 6.40. The maximum atomic E-state index is 11.7. The number of amides is 3. The van der Waals surface area contributed by atoms with Crippen LogP contribution >= 0.6 is 0 Å². The molecule has 1 rings (SSSR count). The molecule has 22 heavy (non-hydrogen) atoms. The zero-order chi connectivity index (χ0) is 16.2. The quantitative estimate of drug-likeness (QED) is 0.483. The maximum absolute atomic E-state index is 11.7. The van der Waals surface area contributed by atoms with Crippen molar-refractivity contribution in [2.75, 3.05) is 31.6 Å². The number of ether oxygens (including phenoxy) is 1. The molecule has 6 heteroatoms. The highest BCUT2D eigenvalue weighted by Crippen LogP contribution is 2.09. The van der Waals surface area contributed by atoms with E-state index in [9.17, 15) is 9.59 Å². The van der Waals surface area contributed by atoms with Crippen molar-refractivity contribution in [3.8, 4) is 0 Å². The van der Waals surface area contributed by atoms with Crippen LogP contribution in [0, 0.1) is 0 Å². The summed E-state index contributed by atoms with van der Waals surface area (Å²) < 4.78 is 5.18. The van der Waals surface area contributed by atoms with Gasteiger partial charge >= 0.3 is 6.03 Å². The lowest BCUT2D eigenvalue weighted by atomic mass is 10.2. The first-order valence-electron chi connectivity index (χ1n) is 7.29. The third kappa shape index (κ3) is 6.90. The van der Waals surface area contributed by atoms with E-state index < -0.39 is 0 Å². The second-order valence-corrected chi connectivity index (χ2v) is 4.51. The molecule has 1 aromatic carbocycles. The van der Waals surface area contributed by atoms with Gasteiger partial charge in [0.25, 0.3) is 5.91 Å². The number of hydrogen-bond donors (Lipinski definition) is 3. The van der Waals surface area contributed by atoms with E-state index in [4.69, 9.17) is 4.74 Å². The molecule has 0 unspecified atom stereocenters. The number of urea groups is 1. The summed E-state index contributed by atoms with van der Waals surface area (Å²) in [5.74, 6) is -0.174. The normalized spacial score (nSPS) is 9.86. The summed E-state index contributed by atoms with van der Waals surface area (Å²) in [5, 5.41) is 8.12. The molecule has 1 aromatic rings. The number of carbonyl (C=O) groups excluding carboxylic acids is 2. The smallest absolute Gasteiger partial charge is 0.319 e. The number of carbonyl (C=O) groups is 2. The van der Waals surface area contributed by atoms with E-state index in [1.165, 1.54) is 0 Å². The Morgan fingerprint density at radius 2 is 1.95 bits per heavy atom. The Morgan fingerprint density at radius 1 is 1.23 bits per heavy atom. The van der Waals surface area contributed by atoms with Crippen LogP contribution in [0.3, 0.4) is 0 Å². The van der Waals surface area contributed by atoms with Crippen LogP contribution in [0.15, 0.2) is 36.9 Å². The predicted octanol–water partition coefficient (Wildman–Crippen LogP) is 2.15. The second kappa shape index (κ2) is 10.4. The Kier molecular flexibility index (Phi) is 8.37. The SMILES string of the molecule is C=CCNC(=O)c1ccc(NC(=O)NCCCOCC)cc1. The molecule has 6 nitrogen and oxygen atoms in total. The minimum absolute atomic E-state index is 0.174. The summed E-state index contributed by atoms with van der Waals surface area (Å²) in [5.41, 5.74) is 1.16. The minimum atomic E-state index is -0.277. The molecular weight excluding hydrogens is 282 g/mol. The van der Waals surface area contributed by atoms with Crippen molar-refractivity contribution in [2.45, 2.75) is 13.3 Å². The van der Waals surface area contributed by atoms with E-state index in [1.54, 1.807) is 30.3 Å². The van der Waals surface area contributed by atoms with Crippen LogP contribution in [0.5, 0.6) is 0 Å². The molecule has 0 radical (unpaired) electrons. The first-order valence-corrected chi connectivity index (χ1v) is 7.29. The molecule has 0 bridgehead atoms. The fourth-order valence-corrected chi connectivity index (χ4v) is 1.67. The van der Waals surface area contributed by atoms with Gasteiger partial charge in [0.15, 0.2) is 0 Å². The number of hydrogen-bond acceptors (Lipinski definition) is 3. The van der Waals surface area contributed by atoms with Gasteiger partial charge in [0.1, 0.15) is 0 Å². The van der Waals surface area contributed by atoms with Crippen LogP contribution in [0.1, 0.15) is 23.7 Å². The molecular formula is C16H23N3O3. The van der Waals surface area contributed by atoms with E-state index in [0.29, 0.717) is 37.6 Å². The van der Waals surface area contributed by atoms with E-state index in [-0.39, 0.29) is 11.9 Å². The third-order valence-corrected chi connectivity index (χ3v) is 2.77. The lowest BCUT2D eigenvalue weighted by Gasteiger charge is -2.08. The molecule has 0 atom stereocenters. The lowest BCUT2D eigenvalue weighted by molar-refractivity contribution is 0.0958. The largest absolute Gasteiger partial charge is 0.382 e. The lowest BCUT2D eigenvalue weighted by Crippen LogP contribution is -2.30. The number of rotatable bonds is 9. The molecule has 0 saturated carbocycles. The number of nitrogens with one attached hydrogen (secondary N) is 3. The Labute approximate surface area is 130 Å². The molecule has 0 aliphatic rings. The fraction of sp³-hybridized carbons (Fsp3) is 0.375. The van der Waals surface area contributed by atoms with Crippen LogP contribution < -0.4 is 16.0 Å². The molecule has 3 N–H and O–H groups in total. The van der Waals surface area contributed by atoms with Gasteiger partial charge in [0, 0.05) is 37.6 Å². The Bertz CT molecular complexity index is 486. The average molecular weight is 305 g/mol. The third-order valence-electron chi connectivity index (χ3n) is 2.77. The van der Waals surface area contributed by atoms with Gasteiger partial charge < -0.3 is 20.7 Å². The van der Waals surface area contributed by atoms with Gasteiger partial charge in [0.2, 0.25) is 0 Å². The van der Waals surface area contributed by atoms with Gasteiger partial charge in [-0.15, -0.1) is 6.58 Å². The number of anilines is 1. The molecule has 0 aliphatic heterocycles. The molecule has 0 heterocycles. The summed E-state index contributed by atoms with van der Waals surface area (Å²) >= 11 is 0. The Hall–Kier alpha value is -2.34. The predicted molar refractivity (Wildman–Crippen MR) is 87.1 cm³/mol. The van der Waals surface area contributed by atoms with Gasteiger partial charge in [-0.3, -0.25) is 4.79 Å². The minimum Gasteiger partial charge on any atom is -0.382 e. The van der Waals surface area contributed by atoms with Crippen molar-refractivity contribution in [2.24, 2.45) is 0 Å². The van der Waals surface area contributed by atoms with E-state index in [1.807, 2.05) is 6.92 Å². The summed E-state index contributed by atoms with van der Waals surface area (Å²) in [6.45, 7) is 7.75. The van der Waals surface area contributed by atoms with Gasteiger partial charge in [-0.05, 0) is 37.6 Å². The Balaban J connectivity index is 2.35. The topological polar surface area (TPSA) is 79.5 Å². The molecule has 0 saturated heterocycles. The first-order chi connectivity index (χ1) is 10.7. The van der Waals surface area contributed by atoms with E-state index >= 15 is 0 Å². The molecule has 3 amide bonds. The number of benzene rings is 1. The highest BCUT2D eigenvalue weighted by molar-refractivity contribution is 5.95. The fourth-order valence-electron chi connectivity index (χ4n) is 1.67. The molecule has 120 valence electrons. The second-order valence-electron chi connectivity index (χ2n) is 4.51. The molecule has 0 aliphatic carbocycles. The maximum Gasteiger partial charge on any atom is 0.319 e. The zero-order valence-electron chi connectivity index (χ0n) is 12.9. The summed E-state index contributed by atoms with van der Waals surface area (Å²) in [6.07, 6.45) is 2.38. The molecule has 0 aromatic heterocycles. The molecule has 0 fully saturated rings. The van der Waals surface area contributed by atoms with Gasteiger partial charge in [-0.2, -0.15) is 0 Å². The Morgan fingerprint density at radius 3 is 2.59 bits per heavy atom. The highest BCUT2D eigenvalue weighted by Gasteiger charge is 2.05. The first kappa shape index (κ1) is 17.7. The molecule has 0 spiro atoms. The van der Waals surface area contributed by atoms with Crippen LogP contribution in [0.4, 0.5) is 10.5 Å². The van der Waals surface area contributed by atoms with E-state index in [0.717, 1.165) is 6.42 Å². The summed E-state index contributed by atoms with van der Waals surface area (Å²) in [7, 11) is 0. The van der Waals surface area contributed by atoms with Crippen molar-refractivity contribution in [1.82, 2.24) is 10.6 Å². The van der Waals surface area contributed by atoms with Crippen LogP contribution in [0.25, 0.3) is 0 Å². The van der Waals surface area contributed by atoms with Crippen LogP contribution in [-0.2, 0) is 4.74 Å². The monoisotopic (exact) mass is 305 g/mol. The van der Waals surface area contributed by atoms with Gasteiger partial charge in [-0.25, -0.2) is 4.79 Å².